The summed E-state index contributed by atoms with van der Waals surface area (Å²) in [5.74, 6) is 0. The van der Waals surface area contributed by atoms with E-state index in [1.165, 1.54) is 10.4 Å². The molecule has 226 valence electrons. The van der Waals surface area contributed by atoms with Gasteiger partial charge in [-0.2, -0.15) is 0 Å². The number of alkyl carbamates (subject to hydrolysis) is 1. The lowest BCUT2D eigenvalue weighted by atomic mass is 10.1. The largest absolute Gasteiger partial charge is 0.445 e. The number of carbonyl (C=O) groups excluding carboxylic acids is 1. The number of hydrogen-bond acceptors (Lipinski definition) is 5. The molecule has 7 heteroatoms. The van der Waals surface area contributed by atoms with E-state index in [-0.39, 0.29) is 30.1 Å². The number of amides is 1. The highest BCUT2D eigenvalue weighted by molar-refractivity contribution is 6.99. The molecule has 2 atom stereocenters. The van der Waals surface area contributed by atoms with Crippen LogP contribution in [0.25, 0.3) is 0 Å². The molecule has 3 rings (SSSR count). The first-order chi connectivity index (χ1) is 20.2. The van der Waals surface area contributed by atoms with Crippen molar-refractivity contribution in [3.63, 3.8) is 0 Å². The fraction of sp³-hybridized carbons (Fsp3) is 0.400. The van der Waals surface area contributed by atoms with Gasteiger partial charge >= 0.3 is 6.09 Å². The lowest BCUT2D eigenvalue weighted by molar-refractivity contribution is -0.107. The Hall–Kier alpha value is -3.23. The normalized spacial score (nSPS) is 13.7. The Labute approximate surface area is 253 Å². The van der Waals surface area contributed by atoms with Gasteiger partial charge in [0.15, 0.2) is 6.29 Å². The van der Waals surface area contributed by atoms with E-state index in [9.17, 15) is 4.79 Å². The number of nitrogens with one attached hydrogen (secondary N) is 1. The van der Waals surface area contributed by atoms with Crippen LogP contribution in [0.4, 0.5) is 4.79 Å². The molecule has 0 saturated heterocycles. The predicted molar refractivity (Wildman–Crippen MR) is 173 cm³/mol. The molecule has 42 heavy (non-hydrogen) atoms. The van der Waals surface area contributed by atoms with Crippen LogP contribution in [0.15, 0.2) is 103 Å². The summed E-state index contributed by atoms with van der Waals surface area (Å²) in [7, 11) is 0.554. The third kappa shape index (κ3) is 9.39. The van der Waals surface area contributed by atoms with Gasteiger partial charge in [-0.3, -0.25) is 0 Å². The SMILES string of the molecule is COC(CCC[C@@H](C=C[C@@H](C)O[Si](c1ccccc1)(c1ccccc1)C(C)(C)C)NC(=O)OCc1ccccc1)OC. The van der Waals surface area contributed by atoms with E-state index in [1.54, 1.807) is 14.2 Å². The van der Waals surface area contributed by atoms with Crippen LogP contribution in [0, 0.1) is 0 Å². The van der Waals surface area contributed by atoms with E-state index >= 15 is 0 Å². The van der Waals surface area contributed by atoms with Gasteiger partial charge in [-0.25, -0.2) is 4.79 Å². The maximum absolute atomic E-state index is 12.8. The fourth-order valence-corrected chi connectivity index (χ4v) is 9.92. The van der Waals surface area contributed by atoms with Crippen molar-refractivity contribution in [2.45, 2.75) is 77.0 Å². The lowest BCUT2D eigenvalue weighted by Crippen LogP contribution is -2.67. The van der Waals surface area contributed by atoms with E-state index in [2.05, 4.69) is 87.6 Å². The Bertz CT molecular complexity index is 1170. The van der Waals surface area contributed by atoms with Crippen molar-refractivity contribution < 1.29 is 23.4 Å². The van der Waals surface area contributed by atoms with Crippen LogP contribution in [0.3, 0.4) is 0 Å². The second-order valence-electron chi connectivity index (χ2n) is 11.5. The molecule has 0 aliphatic rings. The highest BCUT2D eigenvalue weighted by Gasteiger charge is 2.50. The zero-order chi connectivity index (χ0) is 30.4. The average molecular weight is 590 g/mol. The smallest absolute Gasteiger partial charge is 0.407 e. The number of benzene rings is 3. The first-order valence-electron chi connectivity index (χ1n) is 14.7. The highest BCUT2D eigenvalue weighted by Crippen LogP contribution is 2.37. The highest BCUT2D eigenvalue weighted by atomic mass is 28.4. The molecule has 0 bridgehead atoms. The number of carbonyl (C=O) groups is 1. The van der Waals surface area contributed by atoms with Crippen molar-refractivity contribution in [2.75, 3.05) is 14.2 Å². The zero-order valence-electron chi connectivity index (χ0n) is 25.9. The van der Waals surface area contributed by atoms with E-state index in [0.717, 1.165) is 12.0 Å². The monoisotopic (exact) mass is 589 g/mol. The van der Waals surface area contributed by atoms with Gasteiger partial charge in [-0.05, 0) is 47.2 Å². The van der Waals surface area contributed by atoms with Gasteiger partial charge in [0.1, 0.15) is 6.61 Å². The number of rotatable bonds is 15. The molecular formula is C35H47NO5Si. The summed E-state index contributed by atoms with van der Waals surface area (Å²) in [5, 5.41) is 5.36. The van der Waals surface area contributed by atoms with Crippen molar-refractivity contribution in [1.29, 1.82) is 0 Å². The summed E-state index contributed by atoms with van der Waals surface area (Å²) in [5.41, 5.74) is 0.940. The summed E-state index contributed by atoms with van der Waals surface area (Å²) in [6.45, 7) is 9.10. The van der Waals surface area contributed by atoms with Gasteiger partial charge in [0.2, 0.25) is 0 Å². The summed E-state index contributed by atoms with van der Waals surface area (Å²) in [6.07, 6.45) is 5.36. The lowest BCUT2D eigenvalue weighted by Gasteiger charge is -2.44. The molecule has 3 aromatic carbocycles. The molecule has 0 aromatic heterocycles. The number of hydrogen-bond donors (Lipinski definition) is 1. The minimum atomic E-state index is -2.71. The first-order valence-corrected chi connectivity index (χ1v) is 16.6. The van der Waals surface area contributed by atoms with Gasteiger partial charge in [-0.1, -0.05) is 124 Å². The van der Waals surface area contributed by atoms with Gasteiger partial charge in [0.25, 0.3) is 8.32 Å². The molecule has 0 heterocycles. The summed E-state index contributed by atoms with van der Waals surface area (Å²) >= 11 is 0. The molecule has 6 nitrogen and oxygen atoms in total. The summed E-state index contributed by atoms with van der Waals surface area (Å²) in [4.78, 5) is 12.8. The molecule has 0 saturated carbocycles. The maximum Gasteiger partial charge on any atom is 0.407 e. The summed E-state index contributed by atoms with van der Waals surface area (Å²) in [6, 6.07) is 30.6. The predicted octanol–water partition coefficient (Wildman–Crippen LogP) is 6.59. The van der Waals surface area contributed by atoms with Gasteiger partial charge < -0.3 is 24.0 Å². The van der Waals surface area contributed by atoms with Crippen molar-refractivity contribution in [3.05, 3.63) is 109 Å². The van der Waals surface area contributed by atoms with E-state index < -0.39 is 14.4 Å². The van der Waals surface area contributed by atoms with E-state index in [0.29, 0.717) is 12.8 Å². The number of methoxy groups -OCH3 is 2. The van der Waals surface area contributed by atoms with Gasteiger partial charge in [0.05, 0.1) is 12.1 Å². The molecule has 0 aliphatic carbocycles. The fourth-order valence-electron chi connectivity index (χ4n) is 5.27. The summed E-state index contributed by atoms with van der Waals surface area (Å²) < 4.78 is 23.4. The van der Waals surface area contributed by atoms with Gasteiger partial charge in [-0.15, -0.1) is 0 Å². The van der Waals surface area contributed by atoms with Crippen LogP contribution in [0.1, 0.15) is 52.5 Å². The second-order valence-corrected chi connectivity index (χ2v) is 15.8. The number of ether oxygens (including phenoxy) is 3. The first kappa shape index (κ1) is 33.3. The minimum Gasteiger partial charge on any atom is -0.445 e. The standard InChI is InChI=1S/C35H47NO5Si/c1-28(41-42(35(2,3)4,31-20-12-8-13-21-31)32-22-14-9-15-23-32)25-26-30(19-16-24-33(38-5)39-6)36-34(37)40-27-29-17-10-7-11-18-29/h7-15,17-18,20-23,25-26,28,30,33H,16,19,24,27H2,1-6H3,(H,36,37)/t28-,30+/m1/s1. The molecular weight excluding hydrogens is 542 g/mol. The second kappa shape index (κ2) is 16.4. The van der Waals surface area contributed by atoms with Crippen LogP contribution in [0.5, 0.6) is 0 Å². The third-order valence-corrected chi connectivity index (χ3v) is 12.5. The van der Waals surface area contributed by atoms with E-state index in [4.69, 9.17) is 18.6 Å². The Balaban J connectivity index is 1.81. The van der Waals surface area contributed by atoms with Gasteiger partial charge in [0, 0.05) is 14.2 Å². The molecule has 0 aliphatic heterocycles. The Morgan fingerprint density at radius 3 is 1.83 bits per heavy atom. The molecule has 1 amide bonds. The molecule has 3 aromatic rings. The molecule has 0 spiro atoms. The molecule has 1 N–H and O–H groups in total. The molecule has 0 radical (unpaired) electrons. The van der Waals surface area contributed by atoms with Crippen molar-refractivity contribution in [3.8, 4) is 0 Å². The molecule has 0 fully saturated rings. The van der Waals surface area contributed by atoms with Crippen LogP contribution >= 0.6 is 0 Å². The van der Waals surface area contributed by atoms with Crippen LogP contribution in [0.2, 0.25) is 5.04 Å². The quantitative estimate of drug-likeness (QED) is 0.123. The topological polar surface area (TPSA) is 66.0 Å². The van der Waals surface area contributed by atoms with E-state index in [1.807, 2.05) is 48.5 Å². The van der Waals surface area contributed by atoms with Crippen LogP contribution < -0.4 is 15.7 Å². The maximum atomic E-state index is 12.8. The molecule has 0 unspecified atom stereocenters. The third-order valence-electron chi connectivity index (χ3n) is 7.39. The Morgan fingerprint density at radius 1 is 0.810 bits per heavy atom. The Kier molecular flexibility index (Phi) is 13.0. The van der Waals surface area contributed by atoms with Crippen molar-refractivity contribution >= 4 is 24.8 Å². The van der Waals surface area contributed by atoms with Crippen molar-refractivity contribution in [1.82, 2.24) is 5.32 Å². The van der Waals surface area contributed by atoms with Crippen LogP contribution in [-0.2, 0) is 25.2 Å². The average Bonchev–Trinajstić information content (AvgIpc) is 3.00. The van der Waals surface area contributed by atoms with Crippen molar-refractivity contribution in [2.24, 2.45) is 0 Å². The minimum absolute atomic E-state index is 0.133. The van der Waals surface area contributed by atoms with Crippen LogP contribution in [-0.4, -0.2) is 47.1 Å². The zero-order valence-corrected chi connectivity index (χ0v) is 26.9. The Morgan fingerprint density at radius 2 is 1.33 bits per heavy atom.